The number of hydrogen-bond donors (Lipinski definition) is 2. The molecular formula is C16H18FN3S. The molecule has 0 radical (unpaired) electrons. The molecular weight excluding hydrogens is 285 g/mol. The maximum atomic E-state index is 13.7. The number of nitrogens with one attached hydrogen (secondary N) is 1. The Labute approximate surface area is 127 Å². The van der Waals surface area contributed by atoms with Crippen molar-refractivity contribution in [3.05, 3.63) is 57.0 Å². The number of hydrogen-bond acceptors (Lipinski definition) is 3. The largest absolute Gasteiger partial charge is 0.384 e. The molecule has 1 aliphatic heterocycles. The predicted molar refractivity (Wildman–Crippen MR) is 84.3 cm³/mol. The van der Waals surface area contributed by atoms with Crippen molar-refractivity contribution in [2.75, 3.05) is 6.54 Å². The first-order chi connectivity index (χ1) is 10.0. The molecule has 21 heavy (non-hydrogen) atoms. The SMILES string of the molecule is CC1c2ccsc2CCN1Cc1cc(F)cc(C(=N)N)c1. The zero-order valence-corrected chi connectivity index (χ0v) is 12.7. The van der Waals surface area contributed by atoms with Crippen molar-refractivity contribution in [2.45, 2.75) is 25.9 Å². The van der Waals surface area contributed by atoms with Gasteiger partial charge in [-0.25, -0.2) is 4.39 Å². The van der Waals surface area contributed by atoms with Gasteiger partial charge in [0, 0.05) is 29.6 Å². The monoisotopic (exact) mass is 303 g/mol. The summed E-state index contributed by atoms with van der Waals surface area (Å²) in [6, 6.07) is 7.17. The Kier molecular flexibility index (Phi) is 3.78. The van der Waals surface area contributed by atoms with Crippen LogP contribution in [0.3, 0.4) is 0 Å². The van der Waals surface area contributed by atoms with E-state index in [-0.39, 0.29) is 11.7 Å². The highest BCUT2D eigenvalue weighted by molar-refractivity contribution is 7.10. The Morgan fingerprint density at radius 1 is 1.48 bits per heavy atom. The zero-order chi connectivity index (χ0) is 15.0. The zero-order valence-electron chi connectivity index (χ0n) is 11.9. The summed E-state index contributed by atoms with van der Waals surface area (Å²) < 4.78 is 13.7. The van der Waals surface area contributed by atoms with Crippen LogP contribution in [-0.4, -0.2) is 17.3 Å². The Balaban J connectivity index is 1.83. The topological polar surface area (TPSA) is 53.1 Å². The number of rotatable bonds is 3. The van der Waals surface area contributed by atoms with E-state index < -0.39 is 0 Å². The minimum Gasteiger partial charge on any atom is -0.384 e. The van der Waals surface area contributed by atoms with Crippen LogP contribution in [0.1, 0.15) is 34.5 Å². The van der Waals surface area contributed by atoms with E-state index in [9.17, 15) is 4.39 Å². The van der Waals surface area contributed by atoms with Gasteiger partial charge in [0.1, 0.15) is 11.7 Å². The standard InChI is InChI=1S/C16H18FN3S/c1-10-14-3-5-21-15(14)2-4-20(10)9-11-6-12(16(18)19)8-13(17)7-11/h3,5-8,10H,2,4,9H2,1H3,(H3,18,19). The van der Waals surface area contributed by atoms with Crippen molar-refractivity contribution in [1.82, 2.24) is 4.90 Å². The highest BCUT2D eigenvalue weighted by Gasteiger charge is 2.24. The van der Waals surface area contributed by atoms with E-state index in [1.54, 1.807) is 6.07 Å². The molecule has 3 rings (SSSR count). The first-order valence-electron chi connectivity index (χ1n) is 6.99. The molecule has 0 bridgehead atoms. The third-order valence-electron chi connectivity index (χ3n) is 4.06. The summed E-state index contributed by atoms with van der Waals surface area (Å²) in [7, 11) is 0. The Bertz CT molecular complexity index is 680. The molecule has 1 unspecified atom stereocenters. The van der Waals surface area contributed by atoms with E-state index in [1.165, 1.54) is 22.6 Å². The highest BCUT2D eigenvalue weighted by atomic mass is 32.1. The minimum atomic E-state index is -0.335. The second kappa shape index (κ2) is 5.58. The van der Waals surface area contributed by atoms with Gasteiger partial charge in [-0.3, -0.25) is 10.3 Å². The van der Waals surface area contributed by atoms with E-state index in [2.05, 4.69) is 23.3 Å². The van der Waals surface area contributed by atoms with Gasteiger partial charge in [0.25, 0.3) is 0 Å². The van der Waals surface area contributed by atoms with Crippen LogP contribution in [0, 0.1) is 11.2 Å². The summed E-state index contributed by atoms with van der Waals surface area (Å²) in [5, 5.41) is 9.60. The smallest absolute Gasteiger partial charge is 0.124 e. The van der Waals surface area contributed by atoms with Gasteiger partial charge >= 0.3 is 0 Å². The van der Waals surface area contributed by atoms with Gasteiger partial charge in [-0.1, -0.05) is 0 Å². The van der Waals surface area contributed by atoms with E-state index >= 15 is 0 Å². The first kappa shape index (κ1) is 14.2. The quantitative estimate of drug-likeness (QED) is 0.675. The van der Waals surface area contributed by atoms with Crippen LogP contribution >= 0.6 is 11.3 Å². The summed E-state index contributed by atoms with van der Waals surface area (Å²) in [5.41, 5.74) is 8.17. The second-order valence-electron chi connectivity index (χ2n) is 5.46. The van der Waals surface area contributed by atoms with Gasteiger partial charge in [0.15, 0.2) is 0 Å². The van der Waals surface area contributed by atoms with Gasteiger partial charge in [0.05, 0.1) is 0 Å². The molecule has 0 amide bonds. The molecule has 2 heterocycles. The number of benzene rings is 1. The molecule has 0 fully saturated rings. The van der Waals surface area contributed by atoms with Gasteiger partial charge < -0.3 is 5.73 Å². The Morgan fingerprint density at radius 2 is 2.29 bits per heavy atom. The molecule has 1 aromatic carbocycles. The molecule has 1 aromatic heterocycles. The molecule has 1 atom stereocenters. The lowest BCUT2D eigenvalue weighted by molar-refractivity contribution is 0.191. The molecule has 110 valence electrons. The third-order valence-corrected chi connectivity index (χ3v) is 5.05. The van der Waals surface area contributed by atoms with Gasteiger partial charge in [-0.15, -0.1) is 11.3 Å². The van der Waals surface area contributed by atoms with Crippen molar-refractivity contribution in [3.63, 3.8) is 0 Å². The summed E-state index contributed by atoms with van der Waals surface area (Å²) >= 11 is 1.81. The fourth-order valence-electron chi connectivity index (χ4n) is 2.91. The van der Waals surface area contributed by atoms with Crippen molar-refractivity contribution in [1.29, 1.82) is 5.41 Å². The van der Waals surface area contributed by atoms with Crippen molar-refractivity contribution < 1.29 is 4.39 Å². The van der Waals surface area contributed by atoms with E-state index in [1.807, 2.05) is 11.3 Å². The maximum absolute atomic E-state index is 13.7. The van der Waals surface area contributed by atoms with E-state index in [4.69, 9.17) is 11.1 Å². The summed E-state index contributed by atoms with van der Waals surface area (Å²) in [6.07, 6.45) is 1.05. The lowest BCUT2D eigenvalue weighted by Crippen LogP contribution is -2.32. The average molecular weight is 303 g/mol. The van der Waals surface area contributed by atoms with Crippen LogP contribution in [0.15, 0.2) is 29.6 Å². The fraction of sp³-hybridized carbons (Fsp3) is 0.312. The lowest BCUT2D eigenvalue weighted by Gasteiger charge is -2.33. The lowest BCUT2D eigenvalue weighted by atomic mass is 10.00. The van der Waals surface area contributed by atoms with Crippen LogP contribution in [0.25, 0.3) is 0 Å². The van der Waals surface area contributed by atoms with Crippen LogP contribution in [0.2, 0.25) is 0 Å². The molecule has 2 aromatic rings. The van der Waals surface area contributed by atoms with Crippen LogP contribution in [-0.2, 0) is 13.0 Å². The Hall–Kier alpha value is -1.72. The van der Waals surface area contributed by atoms with Gasteiger partial charge in [-0.05, 0) is 54.1 Å². The third kappa shape index (κ3) is 2.84. The molecule has 1 aliphatic rings. The molecule has 0 aliphatic carbocycles. The molecule has 5 heteroatoms. The highest BCUT2D eigenvalue weighted by Crippen LogP contribution is 2.33. The molecule has 0 saturated heterocycles. The van der Waals surface area contributed by atoms with Crippen LogP contribution in [0.4, 0.5) is 4.39 Å². The van der Waals surface area contributed by atoms with E-state index in [0.717, 1.165) is 18.5 Å². The average Bonchev–Trinajstić information content (AvgIpc) is 2.90. The number of fused-ring (bicyclic) bond motifs is 1. The van der Waals surface area contributed by atoms with E-state index in [0.29, 0.717) is 18.2 Å². The number of nitrogens with zero attached hydrogens (tertiary/aromatic N) is 1. The van der Waals surface area contributed by atoms with Crippen molar-refractivity contribution >= 4 is 17.2 Å². The summed E-state index contributed by atoms with van der Waals surface area (Å²) in [4.78, 5) is 3.80. The predicted octanol–water partition coefficient (Wildman–Crippen LogP) is 3.29. The molecule has 3 N–H and O–H groups in total. The number of thiophene rings is 1. The number of nitrogens with two attached hydrogens (primary N) is 1. The number of nitrogen functional groups attached to an aromatic ring is 1. The summed E-state index contributed by atoms with van der Waals surface area (Å²) in [5.74, 6) is -0.429. The molecule has 0 saturated carbocycles. The normalized spacial score (nSPS) is 18.5. The molecule has 3 nitrogen and oxygen atoms in total. The number of halogens is 1. The summed E-state index contributed by atoms with van der Waals surface area (Å²) in [6.45, 7) is 3.84. The maximum Gasteiger partial charge on any atom is 0.124 e. The van der Waals surface area contributed by atoms with Crippen molar-refractivity contribution in [3.8, 4) is 0 Å². The van der Waals surface area contributed by atoms with Gasteiger partial charge in [0.2, 0.25) is 0 Å². The fourth-order valence-corrected chi connectivity index (χ4v) is 3.87. The Morgan fingerprint density at radius 3 is 3.05 bits per heavy atom. The minimum absolute atomic E-state index is 0.0948. The van der Waals surface area contributed by atoms with Gasteiger partial charge in [-0.2, -0.15) is 0 Å². The number of amidine groups is 1. The van der Waals surface area contributed by atoms with Crippen LogP contribution in [0.5, 0.6) is 0 Å². The molecule has 0 spiro atoms. The van der Waals surface area contributed by atoms with Crippen LogP contribution < -0.4 is 5.73 Å². The second-order valence-corrected chi connectivity index (χ2v) is 6.46. The van der Waals surface area contributed by atoms with Crippen molar-refractivity contribution in [2.24, 2.45) is 5.73 Å². The first-order valence-corrected chi connectivity index (χ1v) is 7.86.